The molecule has 0 aromatic heterocycles. The standard InChI is InChI=1S/C17H24O9/c18-7-11(8-19)25-17-16(23)15(22)14(21)12(26-17)9-24-13(20)6-10-4-2-1-3-5-10/h1-5,11-12,14-19,21-23H,6-9H2/t12-,14+,15+,16-,17-/m1/s1. The third kappa shape index (κ3) is 5.45. The Labute approximate surface area is 150 Å². The SMILES string of the molecule is O=C(Cc1ccccc1)OC[C@H]1O[C@@H](OC(CO)CO)[C@H](O)[C@@H](O)[C@H]1O. The van der Waals surface area contributed by atoms with Crippen LogP contribution in [0, 0.1) is 0 Å². The maximum absolute atomic E-state index is 11.9. The van der Waals surface area contributed by atoms with Crippen LogP contribution in [0.25, 0.3) is 0 Å². The van der Waals surface area contributed by atoms with E-state index in [9.17, 15) is 20.1 Å². The van der Waals surface area contributed by atoms with Crippen LogP contribution in [0.2, 0.25) is 0 Å². The largest absolute Gasteiger partial charge is 0.463 e. The summed E-state index contributed by atoms with van der Waals surface area (Å²) in [7, 11) is 0. The number of esters is 1. The van der Waals surface area contributed by atoms with Crippen LogP contribution in [0.5, 0.6) is 0 Å². The molecule has 1 aliphatic heterocycles. The molecule has 0 radical (unpaired) electrons. The highest BCUT2D eigenvalue weighted by molar-refractivity contribution is 5.72. The molecule has 0 spiro atoms. The third-order valence-corrected chi connectivity index (χ3v) is 4.00. The van der Waals surface area contributed by atoms with Crippen LogP contribution in [0.3, 0.4) is 0 Å². The first-order valence-corrected chi connectivity index (χ1v) is 8.22. The third-order valence-electron chi connectivity index (χ3n) is 4.00. The summed E-state index contributed by atoms with van der Waals surface area (Å²) in [5, 5.41) is 47.9. The lowest BCUT2D eigenvalue weighted by atomic mass is 9.99. The highest BCUT2D eigenvalue weighted by Crippen LogP contribution is 2.23. The topological polar surface area (TPSA) is 146 Å². The van der Waals surface area contributed by atoms with E-state index in [1.165, 1.54) is 0 Å². The average molecular weight is 372 g/mol. The van der Waals surface area contributed by atoms with Crippen LogP contribution in [-0.4, -0.2) is 88.1 Å². The second-order valence-corrected chi connectivity index (χ2v) is 5.98. The number of ether oxygens (including phenoxy) is 3. The normalized spacial score (nSPS) is 28.9. The Morgan fingerprint density at radius 2 is 1.69 bits per heavy atom. The van der Waals surface area contributed by atoms with E-state index < -0.39 is 56.0 Å². The van der Waals surface area contributed by atoms with Crippen molar-refractivity contribution in [1.82, 2.24) is 0 Å². The number of hydrogen-bond donors (Lipinski definition) is 5. The summed E-state index contributed by atoms with van der Waals surface area (Å²) in [5.41, 5.74) is 0.757. The molecule has 1 fully saturated rings. The minimum absolute atomic E-state index is 0.0336. The lowest BCUT2D eigenvalue weighted by Crippen LogP contribution is -2.60. The predicted molar refractivity (Wildman–Crippen MR) is 86.8 cm³/mol. The molecule has 1 saturated heterocycles. The first-order valence-electron chi connectivity index (χ1n) is 8.22. The highest BCUT2D eigenvalue weighted by atomic mass is 16.7. The predicted octanol–water partition coefficient (Wildman–Crippen LogP) is -2.05. The van der Waals surface area contributed by atoms with Crippen molar-refractivity contribution in [3.05, 3.63) is 35.9 Å². The second-order valence-electron chi connectivity index (χ2n) is 5.98. The van der Waals surface area contributed by atoms with Crippen LogP contribution in [0.4, 0.5) is 0 Å². The van der Waals surface area contributed by atoms with Gasteiger partial charge in [-0.05, 0) is 5.56 Å². The van der Waals surface area contributed by atoms with E-state index in [4.69, 9.17) is 24.4 Å². The Morgan fingerprint density at radius 3 is 2.31 bits per heavy atom. The van der Waals surface area contributed by atoms with Crippen LogP contribution in [0.15, 0.2) is 30.3 Å². The fourth-order valence-corrected chi connectivity index (χ4v) is 2.49. The number of carbonyl (C=O) groups excluding carboxylic acids is 1. The van der Waals surface area contributed by atoms with Crippen LogP contribution in [0.1, 0.15) is 5.56 Å². The lowest BCUT2D eigenvalue weighted by molar-refractivity contribution is -0.315. The number of aliphatic hydroxyl groups excluding tert-OH is 5. The first-order chi connectivity index (χ1) is 12.5. The van der Waals surface area contributed by atoms with Crippen molar-refractivity contribution in [2.24, 2.45) is 0 Å². The second kappa shape index (κ2) is 9.93. The molecule has 5 N–H and O–H groups in total. The molecule has 0 aliphatic carbocycles. The zero-order valence-electron chi connectivity index (χ0n) is 14.0. The number of hydrogen-bond acceptors (Lipinski definition) is 9. The summed E-state index contributed by atoms with van der Waals surface area (Å²) < 4.78 is 15.6. The molecule has 9 nitrogen and oxygen atoms in total. The number of benzene rings is 1. The van der Waals surface area contributed by atoms with E-state index >= 15 is 0 Å². The van der Waals surface area contributed by atoms with Crippen molar-refractivity contribution in [1.29, 1.82) is 0 Å². The van der Waals surface area contributed by atoms with E-state index in [1.54, 1.807) is 24.3 Å². The van der Waals surface area contributed by atoms with Gasteiger partial charge in [-0.2, -0.15) is 0 Å². The monoisotopic (exact) mass is 372 g/mol. The van der Waals surface area contributed by atoms with Gasteiger partial charge in [0.25, 0.3) is 0 Å². The molecule has 146 valence electrons. The van der Waals surface area contributed by atoms with Gasteiger partial charge in [0.2, 0.25) is 0 Å². The van der Waals surface area contributed by atoms with Crippen LogP contribution in [-0.2, 0) is 25.4 Å². The molecule has 1 heterocycles. The van der Waals surface area contributed by atoms with Gasteiger partial charge in [0, 0.05) is 0 Å². The molecule has 26 heavy (non-hydrogen) atoms. The van der Waals surface area contributed by atoms with Crippen molar-refractivity contribution in [2.45, 2.75) is 43.2 Å². The smallest absolute Gasteiger partial charge is 0.310 e. The Balaban J connectivity index is 1.91. The molecule has 5 atom stereocenters. The van der Waals surface area contributed by atoms with Gasteiger partial charge in [0.1, 0.15) is 37.1 Å². The van der Waals surface area contributed by atoms with Crippen molar-refractivity contribution < 1.29 is 44.5 Å². The van der Waals surface area contributed by atoms with Gasteiger partial charge < -0.3 is 39.7 Å². The van der Waals surface area contributed by atoms with Gasteiger partial charge >= 0.3 is 5.97 Å². The Kier molecular flexibility index (Phi) is 7.91. The fraction of sp³-hybridized carbons (Fsp3) is 0.588. The molecule has 0 bridgehead atoms. The fourth-order valence-electron chi connectivity index (χ4n) is 2.49. The molecule has 0 amide bonds. The lowest BCUT2D eigenvalue weighted by Gasteiger charge is -2.40. The van der Waals surface area contributed by atoms with E-state index in [0.29, 0.717) is 0 Å². The molecule has 1 aliphatic rings. The maximum atomic E-state index is 11.9. The van der Waals surface area contributed by atoms with Gasteiger partial charge in [0.15, 0.2) is 6.29 Å². The van der Waals surface area contributed by atoms with Crippen molar-refractivity contribution in [2.75, 3.05) is 19.8 Å². The van der Waals surface area contributed by atoms with E-state index in [0.717, 1.165) is 5.56 Å². The first kappa shape index (κ1) is 20.7. The summed E-state index contributed by atoms with van der Waals surface area (Å²) in [5.74, 6) is -0.548. The molecule has 1 aromatic carbocycles. The number of aliphatic hydroxyl groups is 5. The summed E-state index contributed by atoms with van der Waals surface area (Å²) >= 11 is 0. The van der Waals surface area contributed by atoms with Gasteiger partial charge in [-0.25, -0.2) is 0 Å². The Morgan fingerprint density at radius 1 is 1.04 bits per heavy atom. The maximum Gasteiger partial charge on any atom is 0.310 e. The summed E-state index contributed by atoms with van der Waals surface area (Å²) in [6.07, 6.45) is -8.25. The van der Waals surface area contributed by atoms with E-state index in [2.05, 4.69) is 0 Å². The van der Waals surface area contributed by atoms with Gasteiger partial charge in [-0.15, -0.1) is 0 Å². The molecular weight excluding hydrogens is 348 g/mol. The van der Waals surface area contributed by atoms with Crippen molar-refractivity contribution in [3.8, 4) is 0 Å². The molecule has 9 heteroatoms. The van der Waals surface area contributed by atoms with Gasteiger partial charge in [-0.3, -0.25) is 4.79 Å². The van der Waals surface area contributed by atoms with Crippen LogP contribution < -0.4 is 0 Å². The summed E-state index contributed by atoms with van der Waals surface area (Å²) in [6.45, 7) is -1.42. The van der Waals surface area contributed by atoms with Gasteiger partial charge in [0.05, 0.1) is 19.6 Å². The average Bonchev–Trinajstić information content (AvgIpc) is 2.65. The summed E-state index contributed by atoms with van der Waals surface area (Å²) in [6, 6.07) is 8.92. The minimum atomic E-state index is -1.61. The molecule has 0 unspecified atom stereocenters. The minimum Gasteiger partial charge on any atom is -0.463 e. The Bertz CT molecular complexity index is 548. The summed E-state index contributed by atoms with van der Waals surface area (Å²) in [4.78, 5) is 11.9. The van der Waals surface area contributed by atoms with E-state index in [-0.39, 0.29) is 13.0 Å². The molecule has 0 saturated carbocycles. The van der Waals surface area contributed by atoms with E-state index in [1.807, 2.05) is 6.07 Å². The quantitative estimate of drug-likeness (QED) is 0.325. The van der Waals surface area contributed by atoms with Crippen LogP contribution >= 0.6 is 0 Å². The molecule has 1 aromatic rings. The zero-order valence-corrected chi connectivity index (χ0v) is 14.0. The number of rotatable bonds is 8. The Hall–Kier alpha value is -1.59. The molecular formula is C17H24O9. The zero-order chi connectivity index (χ0) is 19.1. The van der Waals surface area contributed by atoms with Crippen molar-refractivity contribution >= 4 is 5.97 Å². The van der Waals surface area contributed by atoms with Crippen molar-refractivity contribution in [3.63, 3.8) is 0 Å². The van der Waals surface area contributed by atoms with Gasteiger partial charge in [-0.1, -0.05) is 30.3 Å². The highest BCUT2D eigenvalue weighted by Gasteiger charge is 2.45. The molecule has 2 rings (SSSR count). The number of carbonyl (C=O) groups is 1.